The fraction of sp³-hybridized carbons (Fsp3) is 0.333. The average Bonchev–Trinajstić information content (AvgIpc) is 3.45. The zero-order valence-corrected chi connectivity index (χ0v) is 18.6. The third kappa shape index (κ3) is 4.94. The molecule has 3 aromatic rings. The fourth-order valence-corrected chi connectivity index (χ4v) is 5.21. The number of nitrogens with one attached hydrogen (secondary N) is 1. The van der Waals surface area contributed by atoms with Crippen LogP contribution < -0.4 is 11.1 Å². The Bertz CT molecular complexity index is 1120. The molecule has 0 unspecified atom stereocenters. The lowest BCUT2D eigenvalue weighted by atomic mass is 10.1. The molecule has 1 amide bonds. The number of carbonyl (C=O) groups is 1. The van der Waals surface area contributed by atoms with Crippen molar-refractivity contribution in [3.8, 4) is 11.8 Å². The van der Waals surface area contributed by atoms with Crippen molar-refractivity contribution in [3.05, 3.63) is 65.5 Å². The molecule has 1 saturated carbocycles. The van der Waals surface area contributed by atoms with Gasteiger partial charge in [-0.05, 0) is 49.9 Å². The zero-order valence-electron chi connectivity index (χ0n) is 17.8. The van der Waals surface area contributed by atoms with Crippen molar-refractivity contribution in [1.29, 1.82) is 5.26 Å². The molecule has 164 valence electrons. The van der Waals surface area contributed by atoms with Crippen LogP contribution in [0.4, 0.5) is 5.82 Å². The van der Waals surface area contributed by atoms with Crippen LogP contribution in [0, 0.1) is 11.3 Å². The number of nitrogens with zero attached hydrogens (tertiary/aromatic N) is 4. The Morgan fingerprint density at radius 3 is 2.75 bits per heavy atom. The molecule has 0 spiro atoms. The first-order valence-electron chi connectivity index (χ1n) is 10.9. The quantitative estimate of drug-likeness (QED) is 0.504. The van der Waals surface area contributed by atoms with E-state index >= 15 is 0 Å². The standard InChI is InChI=1S/C24H26N6OS/c25-16-20-21(29-30(22(20)26)17-8-2-1-3-9-17)13-7-14-27-23(31)19-12-6-15-28-24(19)32-18-10-4-5-11-18/h1-3,6,8-9,12,15,18H,4-5,7,10-11,13-14,26H2,(H,27,31). The maximum absolute atomic E-state index is 12.8. The Morgan fingerprint density at radius 1 is 1.22 bits per heavy atom. The van der Waals surface area contributed by atoms with Crippen molar-refractivity contribution in [1.82, 2.24) is 20.1 Å². The van der Waals surface area contributed by atoms with Gasteiger partial charge in [0.05, 0.1) is 16.9 Å². The fourth-order valence-electron chi connectivity index (χ4n) is 3.92. The van der Waals surface area contributed by atoms with Gasteiger partial charge in [0.25, 0.3) is 5.91 Å². The molecule has 1 aliphatic rings. The molecule has 8 heteroatoms. The van der Waals surface area contributed by atoms with Crippen molar-refractivity contribution in [3.63, 3.8) is 0 Å². The van der Waals surface area contributed by atoms with Crippen molar-refractivity contribution in [2.45, 2.75) is 48.8 Å². The summed E-state index contributed by atoms with van der Waals surface area (Å²) in [6, 6.07) is 15.3. The number of anilines is 1. The van der Waals surface area contributed by atoms with E-state index in [1.165, 1.54) is 25.7 Å². The van der Waals surface area contributed by atoms with Gasteiger partial charge >= 0.3 is 0 Å². The Labute approximate surface area is 192 Å². The second kappa shape index (κ2) is 10.3. The Hall–Kier alpha value is -3.31. The van der Waals surface area contributed by atoms with Crippen LogP contribution in [-0.2, 0) is 6.42 Å². The zero-order chi connectivity index (χ0) is 22.3. The number of benzene rings is 1. The van der Waals surface area contributed by atoms with Gasteiger partial charge in [-0.15, -0.1) is 11.8 Å². The van der Waals surface area contributed by atoms with Gasteiger partial charge in [0, 0.05) is 18.0 Å². The second-order valence-corrected chi connectivity index (χ2v) is 9.10. The SMILES string of the molecule is N#Cc1c(CCCNC(=O)c2cccnc2SC2CCCC2)nn(-c2ccccc2)c1N. The highest BCUT2D eigenvalue weighted by atomic mass is 32.2. The molecular weight excluding hydrogens is 420 g/mol. The van der Waals surface area contributed by atoms with Gasteiger partial charge in [0.1, 0.15) is 22.5 Å². The maximum atomic E-state index is 12.8. The number of para-hydroxylation sites is 1. The van der Waals surface area contributed by atoms with Gasteiger partial charge < -0.3 is 11.1 Å². The number of thioether (sulfide) groups is 1. The van der Waals surface area contributed by atoms with Crippen LogP contribution in [0.15, 0.2) is 53.7 Å². The monoisotopic (exact) mass is 446 g/mol. The molecule has 0 radical (unpaired) electrons. The Balaban J connectivity index is 1.36. The number of pyridine rings is 1. The first-order chi connectivity index (χ1) is 15.7. The van der Waals surface area contributed by atoms with E-state index in [1.54, 1.807) is 28.7 Å². The third-order valence-electron chi connectivity index (χ3n) is 5.58. The molecule has 4 rings (SSSR count). The molecule has 0 aliphatic heterocycles. The minimum Gasteiger partial charge on any atom is -0.382 e. The van der Waals surface area contributed by atoms with E-state index in [0.29, 0.717) is 47.3 Å². The van der Waals surface area contributed by atoms with Crippen LogP contribution in [0.5, 0.6) is 0 Å². The summed E-state index contributed by atoms with van der Waals surface area (Å²) < 4.78 is 1.59. The van der Waals surface area contributed by atoms with Crippen molar-refractivity contribution < 1.29 is 4.79 Å². The van der Waals surface area contributed by atoms with Crippen LogP contribution in [0.3, 0.4) is 0 Å². The van der Waals surface area contributed by atoms with Gasteiger partial charge in [0.15, 0.2) is 0 Å². The van der Waals surface area contributed by atoms with Crippen molar-refractivity contribution in [2.75, 3.05) is 12.3 Å². The summed E-state index contributed by atoms with van der Waals surface area (Å²) in [4.78, 5) is 17.2. The van der Waals surface area contributed by atoms with Crippen LogP contribution in [0.1, 0.15) is 53.7 Å². The maximum Gasteiger partial charge on any atom is 0.254 e. The van der Waals surface area contributed by atoms with E-state index in [1.807, 2.05) is 36.4 Å². The van der Waals surface area contributed by atoms with Crippen LogP contribution in [0.2, 0.25) is 0 Å². The first kappa shape index (κ1) is 21.9. The van der Waals surface area contributed by atoms with Gasteiger partial charge in [0.2, 0.25) is 0 Å². The Kier molecular flexibility index (Phi) is 7.07. The largest absolute Gasteiger partial charge is 0.382 e. The molecule has 2 heterocycles. The normalized spacial score (nSPS) is 13.7. The summed E-state index contributed by atoms with van der Waals surface area (Å²) in [5.41, 5.74) is 8.62. The minimum absolute atomic E-state index is 0.117. The molecule has 32 heavy (non-hydrogen) atoms. The number of aryl methyl sites for hydroxylation is 1. The molecule has 1 aromatic carbocycles. The lowest BCUT2D eigenvalue weighted by Gasteiger charge is -2.12. The summed E-state index contributed by atoms with van der Waals surface area (Å²) in [6.07, 6.45) is 7.80. The summed E-state index contributed by atoms with van der Waals surface area (Å²) in [7, 11) is 0. The predicted molar refractivity (Wildman–Crippen MR) is 126 cm³/mol. The molecule has 0 atom stereocenters. The molecule has 0 bridgehead atoms. The minimum atomic E-state index is -0.117. The summed E-state index contributed by atoms with van der Waals surface area (Å²) in [6.45, 7) is 0.476. The summed E-state index contributed by atoms with van der Waals surface area (Å²) in [5.74, 6) is 0.218. The van der Waals surface area contributed by atoms with Gasteiger partial charge in [-0.3, -0.25) is 4.79 Å². The number of amides is 1. The number of nitrogens with two attached hydrogens (primary N) is 1. The lowest BCUT2D eigenvalue weighted by molar-refractivity contribution is 0.0949. The van der Waals surface area contributed by atoms with Gasteiger partial charge in [-0.1, -0.05) is 31.0 Å². The lowest BCUT2D eigenvalue weighted by Crippen LogP contribution is -2.25. The molecule has 3 N–H and O–H groups in total. The van der Waals surface area contributed by atoms with E-state index in [9.17, 15) is 10.1 Å². The molecule has 1 fully saturated rings. The van der Waals surface area contributed by atoms with Crippen LogP contribution in [-0.4, -0.2) is 32.5 Å². The molecule has 0 saturated heterocycles. The van der Waals surface area contributed by atoms with Crippen LogP contribution >= 0.6 is 11.8 Å². The molecule has 2 aromatic heterocycles. The molecule has 1 aliphatic carbocycles. The topological polar surface area (TPSA) is 110 Å². The number of aromatic nitrogens is 3. The molecule has 7 nitrogen and oxygen atoms in total. The summed E-state index contributed by atoms with van der Waals surface area (Å²) in [5, 5.41) is 18.4. The second-order valence-electron chi connectivity index (χ2n) is 7.81. The van der Waals surface area contributed by atoms with E-state index in [-0.39, 0.29) is 5.91 Å². The van der Waals surface area contributed by atoms with E-state index in [0.717, 1.165) is 10.7 Å². The third-order valence-corrected chi connectivity index (χ3v) is 6.93. The summed E-state index contributed by atoms with van der Waals surface area (Å²) >= 11 is 1.71. The van der Waals surface area contributed by atoms with Crippen LogP contribution in [0.25, 0.3) is 5.69 Å². The highest BCUT2D eigenvalue weighted by Crippen LogP contribution is 2.35. The number of hydrogen-bond donors (Lipinski definition) is 2. The average molecular weight is 447 g/mol. The van der Waals surface area contributed by atoms with Crippen molar-refractivity contribution >= 4 is 23.5 Å². The van der Waals surface area contributed by atoms with Crippen molar-refractivity contribution in [2.24, 2.45) is 0 Å². The number of nitriles is 1. The van der Waals surface area contributed by atoms with Gasteiger partial charge in [-0.25, -0.2) is 9.67 Å². The van der Waals surface area contributed by atoms with Gasteiger partial charge in [-0.2, -0.15) is 10.4 Å². The number of rotatable bonds is 8. The van der Waals surface area contributed by atoms with E-state index in [2.05, 4.69) is 21.5 Å². The number of hydrogen-bond acceptors (Lipinski definition) is 6. The number of carbonyl (C=O) groups excluding carboxylic acids is 1. The smallest absolute Gasteiger partial charge is 0.254 e. The highest BCUT2D eigenvalue weighted by molar-refractivity contribution is 7.99. The highest BCUT2D eigenvalue weighted by Gasteiger charge is 2.21. The Morgan fingerprint density at radius 2 is 2.00 bits per heavy atom. The molecular formula is C24H26N6OS. The number of nitrogen functional groups attached to an aromatic ring is 1. The van der Waals surface area contributed by atoms with E-state index < -0.39 is 0 Å². The first-order valence-corrected chi connectivity index (χ1v) is 11.8. The predicted octanol–water partition coefficient (Wildman–Crippen LogP) is 4.12. The van der Waals surface area contributed by atoms with E-state index in [4.69, 9.17) is 5.73 Å².